The Kier molecular flexibility index (Phi) is 2.94. The zero-order valence-corrected chi connectivity index (χ0v) is 10.1. The van der Waals surface area contributed by atoms with Gasteiger partial charge in [0.15, 0.2) is 0 Å². The van der Waals surface area contributed by atoms with E-state index in [1.54, 1.807) is 11.0 Å². The maximum Gasteiger partial charge on any atom is 0.137 e. The molecule has 19 heavy (non-hydrogen) atoms. The maximum absolute atomic E-state index is 9.18. The first-order valence-electron chi connectivity index (χ1n) is 5.89. The third-order valence-electron chi connectivity index (χ3n) is 2.98. The second-order valence-corrected chi connectivity index (χ2v) is 4.20. The van der Waals surface area contributed by atoms with Gasteiger partial charge in [0.25, 0.3) is 0 Å². The maximum atomic E-state index is 9.18. The van der Waals surface area contributed by atoms with Crippen LogP contribution in [0.4, 0.5) is 0 Å². The van der Waals surface area contributed by atoms with Gasteiger partial charge in [-0.05, 0) is 16.8 Å². The minimum Gasteiger partial charge on any atom is -0.411 e. The Balaban J connectivity index is 1.97. The highest BCUT2D eigenvalue weighted by Gasteiger charge is 2.07. The predicted molar refractivity (Wildman–Crippen MR) is 72.3 cm³/mol. The number of hydrogen-bond donors (Lipinski definition) is 1. The summed E-state index contributed by atoms with van der Waals surface area (Å²) < 4.78 is 1.62. The summed E-state index contributed by atoms with van der Waals surface area (Å²) in [6.45, 7) is 0.384. The molecule has 3 rings (SSSR count). The summed E-state index contributed by atoms with van der Waals surface area (Å²) in [6.07, 6.45) is 3.04. The van der Waals surface area contributed by atoms with E-state index in [4.69, 9.17) is 0 Å². The summed E-state index contributed by atoms with van der Waals surface area (Å²) in [4.78, 5) is 3.87. The van der Waals surface area contributed by atoms with Gasteiger partial charge in [-0.1, -0.05) is 41.6 Å². The predicted octanol–water partition coefficient (Wildman–Crippen LogP) is 2.31. The zero-order valence-electron chi connectivity index (χ0n) is 10.1. The van der Waals surface area contributed by atoms with Crippen LogP contribution >= 0.6 is 0 Å². The van der Waals surface area contributed by atoms with Crippen molar-refractivity contribution < 1.29 is 5.21 Å². The third kappa shape index (κ3) is 2.30. The Morgan fingerprint density at radius 1 is 1.16 bits per heavy atom. The molecule has 0 aliphatic carbocycles. The minimum atomic E-state index is 0.384. The number of nitrogens with zero attached hydrogens (tertiary/aromatic N) is 4. The summed E-state index contributed by atoms with van der Waals surface area (Å²) in [5.74, 6) is 0. The molecule has 0 aliphatic heterocycles. The first-order valence-corrected chi connectivity index (χ1v) is 5.89. The number of fused-ring (bicyclic) bond motifs is 1. The third-order valence-corrected chi connectivity index (χ3v) is 2.98. The Bertz CT molecular complexity index is 719. The molecule has 0 unspecified atom stereocenters. The van der Waals surface area contributed by atoms with Crippen molar-refractivity contribution in [2.45, 2.75) is 6.54 Å². The average Bonchev–Trinajstić information content (AvgIpc) is 2.97. The van der Waals surface area contributed by atoms with Crippen LogP contribution in [-0.2, 0) is 6.54 Å². The van der Waals surface area contributed by atoms with Crippen molar-refractivity contribution in [2.75, 3.05) is 0 Å². The van der Waals surface area contributed by atoms with Crippen molar-refractivity contribution in [1.29, 1.82) is 0 Å². The van der Waals surface area contributed by atoms with Crippen molar-refractivity contribution in [1.82, 2.24) is 14.8 Å². The summed E-state index contributed by atoms with van der Waals surface area (Å²) in [6, 6.07) is 14.0. The highest BCUT2D eigenvalue weighted by molar-refractivity contribution is 6.02. The van der Waals surface area contributed by atoms with E-state index in [0.717, 1.165) is 16.3 Å². The number of aromatic nitrogens is 3. The molecule has 5 nitrogen and oxygen atoms in total. The topological polar surface area (TPSA) is 63.3 Å². The average molecular weight is 252 g/mol. The van der Waals surface area contributed by atoms with E-state index >= 15 is 0 Å². The van der Waals surface area contributed by atoms with Crippen molar-refractivity contribution in [2.24, 2.45) is 5.16 Å². The highest BCUT2D eigenvalue weighted by Crippen LogP contribution is 2.16. The molecule has 0 saturated heterocycles. The molecule has 0 amide bonds. The van der Waals surface area contributed by atoms with Gasteiger partial charge in [0, 0.05) is 5.56 Å². The molecule has 0 bridgehead atoms. The molecule has 0 fully saturated rings. The lowest BCUT2D eigenvalue weighted by atomic mass is 10.0. The van der Waals surface area contributed by atoms with Gasteiger partial charge in [-0.25, -0.2) is 9.67 Å². The van der Waals surface area contributed by atoms with Crippen molar-refractivity contribution >= 4 is 16.5 Å². The van der Waals surface area contributed by atoms with E-state index in [9.17, 15) is 5.21 Å². The smallest absolute Gasteiger partial charge is 0.137 e. The molecule has 94 valence electrons. The Hall–Kier alpha value is -2.69. The molecule has 2 aromatic carbocycles. The molecule has 0 aliphatic rings. The van der Waals surface area contributed by atoms with Crippen LogP contribution < -0.4 is 0 Å². The quantitative estimate of drug-likeness (QED) is 0.442. The van der Waals surface area contributed by atoms with Gasteiger partial charge in [0.1, 0.15) is 18.4 Å². The summed E-state index contributed by atoms with van der Waals surface area (Å²) in [5, 5.41) is 18.8. The lowest BCUT2D eigenvalue weighted by Gasteiger charge is -2.06. The first kappa shape index (κ1) is 11.4. The monoisotopic (exact) mass is 252 g/mol. The number of hydrogen-bond acceptors (Lipinski definition) is 4. The fraction of sp³-hybridized carbons (Fsp3) is 0.0714. The van der Waals surface area contributed by atoms with Crippen LogP contribution in [-0.4, -0.2) is 25.7 Å². The summed E-state index contributed by atoms with van der Waals surface area (Å²) in [5.41, 5.74) is 1.42. The van der Waals surface area contributed by atoms with Crippen LogP contribution in [0.1, 0.15) is 5.56 Å². The molecule has 3 aromatic rings. The molecule has 5 heteroatoms. The number of benzene rings is 2. The summed E-state index contributed by atoms with van der Waals surface area (Å²) in [7, 11) is 0. The zero-order chi connectivity index (χ0) is 13.1. The Labute approximate surface area is 109 Å². The molecule has 1 heterocycles. The van der Waals surface area contributed by atoms with Gasteiger partial charge in [0.05, 0.1) is 6.54 Å². The van der Waals surface area contributed by atoms with Gasteiger partial charge < -0.3 is 5.21 Å². The fourth-order valence-corrected chi connectivity index (χ4v) is 2.02. The van der Waals surface area contributed by atoms with Crippen LogP contribution in [0.25, 0.3) is 10.8 Å². The van der Waals surface area contributed by atoms with E-state index < -0.39 is 0 Å². The largest absolute Gasteiger partial charge is 0.411 e. The molecular weight excluding hydrogens is 240 g/mol. The second-order valence-electron chi connectivity index (χ2n) is 4.20. The van der Waals surface area contributed by atoms with Gasteiger partial charge in [-0.2, -0.15) is 5.10 Å². The SMILES string of the molecule is O/N=C(\Cn1cncn1)c1ccc2ccccc2c1. The fourth-order valence-electron chi connectivity index (χ4n) is 2.02. The molecule has 1 aromatic heterocycles. The van der Waals surface area contributed by atoms with Crippen molar-refractivity contribution in [3.63, 3.8) is 0 Å². The Morgan fingerprint density at radius 2 is 2.00 bits per heavy atom. The molecule has 0 atom stereocenters. The standard InChI is InChI=1S/C14H12N4O/c19-17-14(8-18-10-15-9-16-18)13-6-5-11-3-1-2-4-12(11)7-13/h1-7,9-10,19H,8H2/b17-14+. The van der Waals surface area contributed by atoms with E-state index in [0.29, 0.717) is 12.3 Å². The lowest BCUT2D eigenvalue weighted by Crippen LogP contribution is -2.12. The number of oxime groups is 1. The van der Waals surface area contributed by atoms with Gasteiger partial charge >= 0.3 is 0 Å². The minimum absolute atomic E-state index is 0.384. The van der Waals surface area contributed by atoms with Crippen LogP contribution in [0.15, 0.2) is 60.3 Å². The molecule has 0 radical (unpaired) electrons. The normalized spacial score (nSPS) is 11.9. The molecule has 1 N–H and O–H groups in total. The van der Waals surface area contributed by atoms with Crippen molar-refractivity contribution in [3.8, 4) is 0 Å². The van der Waals surface area contributed by atoms with E-state index in [1.807, 2.05) is 42.5 Å². The molecule has 0 spiro atoms. The van der Waals surface area contributed by atoms with Crippen molar-refractivity contribution in [3.05, 3.63) is 60.7 Å². The van der Waals surface area contributed by atoms with Crippen LogP contribution in [0.5, 0.6) is 0 Å². The summed E-state index contributed by atoms with van der Waals surface area (Å²) >= 11 is 0. The van der Waals surface area contributed by atoms with Crippen LogP contribution in [0.2, 0.25) is 0 Å². The van der Waals surface area contributed by atoms with Crippen LogP contribution in [0, 0.1) is 0 Å². The molecular formula is C14H12N4O. The van der Waals surface area contributed by atoms with Gasteiger partial charge in [-0.15, -0.1) is 0 Å². The second kappa shape index (κ2) is 4.89. The van der Waals surface area contributed by atoms with E-state index in [1.165, 1.54) is 6.33 Å². The van der Waals surface area contributed by atoms with Gasteiger partial charge in [0.2, 0.25) is 0 Å². The highest BCUT2D eigenvalue weighted by atomic mass is 16.4. The lowest BCUT2D eigenvalue weighted by molar-refractivity contribution is 0.317. The van der Waals surface area contributed by atoms with E-state index in [-0.39, 0.29) is 0 Å². The molecule has 0 saturated carbocycles. The van der Waals surface area contributed by atoms with Gasteiger partial charge in [-0.3, -0.25) is 0 Å². The number of rotatable bonds is 3. The first-order chi connectivity index (χ1) is 9.36. The Morgan fingerprint density at radius 3 is 2.74 bits per heavy atom. The van der Waals surface area contributed by atoms with Crippen LogP contribution in [0.3, 0.4) is 0 Å². The van der Waals surface area contributed by atoms with E-state index in [2.05, 4.69) is 15.2 Å².